The number of halogens is 1. The maximum Gasteiger partial charge on any atom is 0.244 e. The molecule has 2 rings (SSSR count). The van der Waals surface area contributed by atoms with Crippen molar-refractivity contribution in [2.24, 2.45) is 5.84 Å². The van der Waals surface area contributed by atoms with Gasteiger partial charge in [-0.05, 0) is 41.3 Å². The summed E-state index contributed by atoms with van der Waals surface area (Å²) in [6.07, 6.45) is 3.92. The minimum absolute atomic E-state index is 0.0103. The Morgan fingerprint density at radius 2 is 2.25 bits per heavy atom. The fourth-order valence-electron chi connectivity index (χ4n) is 2.34. The third-order valence-corrected chi connectivity index (χ3v) is 5.24. The Morgan fingerprint density at radius 1 is 1.50 bits per heavy atom. The van der Waals surface area contributed by atoms with Gasteiger partial charge in [0, 0.05) is 23.8 Å². The van der Waals surface area contributed by atoms with Crippen molar-refractivity contribution in [3.05, 3.63) is 16.7 Å². The van der Waals surface area contributed by atoms with Gasteiger partial charge < -0.3 is 10.2 Å². The third kappa shape index (κ3) is 3.29. The summed E-state index contributed by atoms with van der Waals surface area (Å²) in [5, 5.41) is 0. The minimum Gasteiger partial charge on any atom is -0.380 e. The van der Waals surface area contributed by atoms with E-state index in [1.165, 1.54) is 12.3 Å². The van der Waals surface area contributed by atoms with Crippen LogP contribution in [0.2, 0.25) is 0 Å². The van der Waals surface area contributed by atoms with Gasteiger partial charge in [-0.25, -0.2) is 24.0 Å². The molecule has 112 valence electrons. The fraction of sp³-hybridized carbons (Fsp3) is 0.545. The van der Waals surface area contributed by atoms with E-state index in [9.17, 15) is 8.42 Å². The lowest BCUT2D eigenvalue weighted by molar-refractivity contribution is 0.0916. The summed E-state index contributed by atoms with van der Waals surface area (Å²) in [7, 11) is -2.13. The first-order chi connectivity index (χ1) is 9.47. The van der Waals surface area contributed by atoms with Crippen LogP contribution in [0, 0.1) is 0 Å². The number of hydrogen-bond acceptors (Lipinski definition) is 6. The van der Waals surface area contributed by atoms with E-state index in [0.717, 1.165) is 19.3 Å². The van der Waals surface area contributed by atoms with Gasteiger partial charge >= 0.3 is 0 Å². The van der Waals surface area contributed by atoms with E-state index in [1.54, 1.807) is 7.11 Å². The summed E-state index contributed by atoms with van der Waals surface area (Å²) in [5.41, 5.74) is 2.30. The molecule has 0 spiro atoms. The summed E-state index contributed by atoms with van der Waals surface area (Å²) in [4.78, 5) is 3.95. The van der Waals surface area contributed by atoms with Crippen LogP contribution in [-0.4, -0.2) is 32.7 Å². The number of pyridine rings is 1. The Labute approximate surface area is 126 Å². The van der Waals surface area contributed by atoms with Gasteiger partial charge in [-0.2, -0.15) is 0 Å². The SMILES string of the molecule is COC1CCCC1NS(=O)(=O)c1cc(Br)cnc1NN. The second-order valence-electron chi connectivity index (χ2n) is 4.58. The molecule has 4 N–H and O–H groups in total. The second kappa shape index (κ2) is 6.35. The van der Waals surface area contributed by atoms with Crippen LogP contribution in [0.3, 0.4) is 0 Å². The van der Waals surface area contributed by atoms with E-state index in [-0.39, 0.29) is 22.9 Å². The number of nitrogens with zero attached hydrogens (tertiary/aromatic N) is 1. The number of sulfonamides is 1. The molecule has 1 aliphatic rings. The molecule has 2 unspecified atom stereocenters. The number of methoxy groups -OCH3 is 1. The monoisotopic (exact) mass is 364 g/mol. The smallest absolute Gasteiger partial charge is 0.244 e. The van der Waals surface area contributed by atoms with E-state index in [0.29, 0.717) is 4.47 Å². The van der Waals surface area contributed by atoms with Crippen molar-refractivity contribution in [3.63, 3.8) is 0 Å². The summed E-state index contributed by atoms with van der Waals surface area (Å²) >= 11 is 3.21. The van der Waals surface area contributed by atoms with Crippen LogP contribution in [0.4, 0.5) is 5.82 Å². The largest absolute Gasteiger partial charge is 0.380 e. The van der Waals surface area contributed by atoms with Crippen LogP contribution in [-0.2, 0) is 14.8 Å². The molecule has 2 atom stereocenters. The van der Waals surface area contributed by atoms with Crippen LogP contribution >= 0.6 is 15.9 Å². The van der Waals surface area contributed by atoms with Crippen molar-refractivity contribution in [2.45, 2.75) is 36.3 Å². The Hall–Kier alpha value is -0.740. The van der Waals surface area contributed by atoms with E-state index in [1.807, 2.05) is 0 Å². The molecule has 20 heavy (non-hydrogen) atoms. The maximum absolute atomic E-state index is 12.5. The average Bonchev–Trinajstić information content (AvgIpc) is 2.85. The molecular weight excluding hydrogens is 348 g/mol. The van der Waals surface area contributed by atoms with Crippen LogP contribution in [0.25, 0.3) is 0 Å². The molecule has 7 nitrogen and oxygen atoms in total. The van der Waals surface area contributed by atoms with Crippen molar-refractivity contribution in [1.82, 2.24) is 9.71 Å². The molecule has 1 aromatic heterocycles. The van der Waals surface area contributed by atoms with Crippen molar-refractivity contribution in [2.75, 3.05) is 12.5 Å². The number of nitrogen functional groups attached to an aromatic ring is 1. The topological polar surface area (TPSA) is 106 Å². The molecule has 0 radical (unpaired) electrons. The predicted molar refractivity (Wildman–Crippen MR) is 78.5 cm³/mol. The van der Waals surface area contributed by atoms with Gasteiger partial charge in [0.2, 0.25) is 10.0 Å². The second-order valence-corrected chi connectivity index (χ2v) is 7.18. The Morgan fingerprint density at radius 3 is 2.90 bits per heavy atom. The van der Waals surface area contributed by atoms with Crippen molar-refractivity contribution < 1.29 is 13.2 Å². The molecule has 0 aliphatic heterocycles. The standard InChI is InChI=1S/C11H17BrN4O3S/c1-19-9-4-2-3-8(9)16-20(17,18)10-5-7(12)6-14-11(10)15-13/h5-6,8-9,16H,2-4,13H2,1H3,(H,14,15). The van der Waals surface area contributed by atoms with E-state index < -0.39 is 10.0 Å². The highest BCUT2D eigenvalue weighted by Gasteiger charge is 2.32. The van der Waals surface area contributed by atoms with Gasteiger partial charge in [-0.15, -0.1) is 0 Å². The molecule has 1 heterocycles. The number of rotatable bonds is 5. The van der Waals surface area contributed by atoms with Crippen LogP contribution in [0.1, 0.15) is 19.3 Å². The highest BCUT2D eigenvalue weighted by Crippen LogP contribution is 2.26. The van der Waals surface area contributed by atoms with Crippen molar-refractivity contribution in [3.8, 4) is 0 Å². The normalized spacial score (nSPS) is 22.9. The van der Waals surface area contributed by atoms with Gasteiger partial charge in [-0.3, -0.25) is 0 Å². The molecule has 0 amide bonds. The average molecular weight is 365 g/mol. The summed E-state index contributed by atoms with van der Waals surface area (Å²) in [6.45, 7) is 0. The molecular formula is C11H17BrN4O3S. The van der Waals surface area contributed by atoms with E-state index in [2.05, 4.69) is 31.1 Å². The number of nitrogens with two attached hydrogens (primary N) is 1. The Balaban J connectivity index is 2.28. The summed E-state index contributed by atoms with van der Waals surface area (Å²) in [6, 6.07) is 1.23. The first kappa shape index (κ1) is 15.6. The molecule has 1 saturated carbocycles. The van der Waals surface area contributed by atoms with Gasteiger partial charge in [0.1, 0.15) is 4.90 Å². The number of hydrazine groups is 1. The minimum atomic E-state index is -3.72. The molecule has 1 fully saturated rings. The highest BCUT2D eigenvalue weighted by molar-refractivity contribution is 9.10. The first-order valence-corrected chi connectivity index (χ1v) is 8.43. The van der Waals surface area contributed by atoms with Crippen LogP contribution in [0.15, 0.2) is 21.6 Å². The zero-order valence-electron chi connectivity index (χ0n) is 11.0. The highest BCUT2D eigenvalue weighted by atomic mass is 79.9. The molecule has 1 aromatic rings. The quantitative estimate of drug-likeness (QED) is 0.531. The molecule has 9 heteroatoms. The van der Waals surface area contributed by atoms with Gasteiger partial charge in [0.05, 0.1) is 6.10 Å². The molecule has 0 aromatic carbocycles. The fourth-order valence-corrected chi connectivity index (χ4v) is 4.27. The molecule has 0 saturated heterocycles. The van der Waals surface area contributed by atoms with Crippen molar-refractivity contribution in [1.29, 1.82) is 0 Å². The van der Waals surface area contributed by atoms with Crippen LogP contribution < -0.4 is 16.0 Å². The number of anilines is 1. The zero-order valence-corrected chi connectivity index (χ0v) is 13.4. The molecule has 1 aliphatic carbocycles. The lowest BCUT2D eigenvalue weighted by Crippen LogP contribution is -2.41. The summed E-state index contributed by atoms with van der Waals surface area (Å²) < 4.78 is 33.4. The summed E-state index contributed by atoms with van der Waals surface area (Å²) in [5.74, 6) is 5.42. The number of aromatic nitrogens is 1. The third-order valence-electron chi connectivity index (χ3n) is 3.31. The predicted octanol–water partition coefficient (Wildman–Crippen LogP) is 0.975. The number of hydrogen-bond donors (Lipinski definition) is 3. The van der Waals surface area contributed by atoms with Crippen molar-refractivity contribution >= 4 is 31.8 Å². The number of nitrogens with one attached hydrogen (secondary N) is 2. The van der Waals surface area contributed by atoms with E-state index >= 15 is 0 Å². The maximum atomic E-state index is 12.5. The van der Waals surface area contributed by atoms with Crippen LogP contribution in [0.5, 0.6) is 0 Å². The lowest BCUT2D eigenvalue weighted by Gasteiger charge is -2.20. The van der Waals surface area contributed by atoms with Gasteiger partial charge in [0.15, 0.2) is 5.82 Å². The van der Waals surface area contributed by atoms with E-state index in [4.69, 9.17) is 10.6 Å². The first-order valence-electron chi connectivity index (χ1n) is 6.15. The van der Waals surface area contributed by atoms with Gasteiger partial charge in [0.25, 0.3) is 0 Å². The zero-order chi connectivity index (χ0) is 14.8. The lowest BCUT2D eigenvalue weighted by atomic mass is 10.2. The Kier molecular flexibility index (Phi) is 4.97. The molecule has 0 bridgehead atoms. The van der Waals surface area contributed by atoms with Gasteiger partial charge in [-0.1, -0.05) is 0 Å². The number of ether oxygens (including phenoxy) is 1. The Bertz CT molecular complexity index is 581.